The maximum atomic E-state index is 13.3. The van der Waals surface area contributed by atoms with Crippen LogP contribution in [0.15, 0.2) is 42.5 Å². The number of benzene rings is 2. The lowest BCUT2D eigenvalue weighted by molar-refractivity contribution is -0.140. The number of sulfonamides is 1. The second-order valence-electron chi connectivity index (χ2n) is 5.90. The van der Waals surface area contributed by atoms with Crippen molar-refractivity contribution >= 4 is 21.6 Å². The SMILES string of the molecule is CS(=O)(=O)N(CC(=O)Nc1ccc(F)c(C(F)(F)F)c1)Cc1ccc(F)cc1. The van der Waals surface area contributed by atoms with Crippen LogP contribution in [-0.2, 0) is 27.5 Å². The van der Waals surface area contributed by atoms with Crippen LogP contribution in [0.25, 0.3) is 0 Å². The molecule has 1 amide bonds. The van der Waals surface area contributed by atoms with E-state index in [4.69, 9.17) is 0 Å². The highest BCUT2D eigenvalue weighted by atomic mass is 32.2. The van der Waals surface area contributed by atoms with E-state index >= 15 is 0 Å². The average molecular weight is 422 g/mol. The van der Waals surface area contributed by atoms with E-state index in [2.05, 4.69) is 5.32 Å². The summed E-state index contributed by atoms with van der Waals surface area (Å²) in [5, 5.41) is 2.11. The van der Waals surface area contributed by atoms with Crippen LogP contribution in [0.2, 0.25) is 0 Å². The third kappa shape index (κ3) is 5.99. The Morgan fingerprint density at radius 1 is 1.07 bits per heavy atom. The number of hydrogen-bond donors (Lipinski definition) is 1. The molecule has 1 N–H and O–H groups in total. The minimum Gasteiger partial charge on any atom is -0.325 e. The molecule has 2 aromatic carbocycles. The molecule has 0 spiro atoms. The molecule has 0 saturated carbocycles. The second-order valence-corrected chi connectivity index (χ2v) is 7.88. The molecule has 0 aromatic heterocycles. The van der Waals surface area contributed by atoms with Crippen LogP contribution >= 0.6 is 0 Å². The van der Waals surface area contributed by atoms with Gasteiger partial charge in [0.1, 0.15) is 11.6 Å². The molecule has 0 bridgehead atoms. The normalized spacial score (nSPS) is 12.2. The molecule has 5 nitrogen and oxygen atoms in total. The van der Waals surface area contributed by atoms with Crippen LogP contribution in [0.5, 0.6) is 0 Å². The minimum atomic E-state index is -4.95. The molecule has 0 fully saturated rings. The summed E-state index contributed by atoms with van der Waals surface area (Å²) in [7, 11) is -3.86. The molecule has 0 aliphatic carbocycles. The summed E-state index contributed by atoms with van der Waals surface area (Å²) < 4.78 is 89.0. The summed E-state index contributed by atoms with van der Waals surface area (Å²) in [4.78, 5) is 12.1. The number of hydrogen-bond acceptors (Lipinski definition) is 3. The van der Waals surface area contributed by atoms with E-state index in [1.54, 1.807) is 0 Å². The zero-order valence-corrected chi connectivity index (χ0v) is 15.2. The van der Waals surface area contributed by atoms with Gasteiger partial charge >= 0.3 is 6.18 Å². The van der Waals surface area contributed by atoms with Crippen LogP contribution in [0.4, 0.5) is 27.6 Å². The second kappa shape index (κ2) is 8.23. The van der Waals surface area contributed by atoms with Gasteiger partial charge in [-0.05, 0) is 35.9 Å². The lowest BCUT2D eigenvalue weighted by Gasteiger charge is -2.20. The molecule has 152 valence electrons. The molecule has 0 atom stereocenters. The van der Waals surface area contributed by atoms with Gasteiger partial charge < -0.3 is 5.32 Å². The van der Waals surface area contributed by atoms with Gasteiger partial charge in [0.15, 0.2) is 0 Å². The van der Waals surface area contributed by atoms with Crippen LogP contribution in [0, 0.1) is 11.6 Å². The van der Waals surface area contributed by atoms with Crippen LogP contribution in [0.1, 0.15) is 11.1 Å². The Labute approximate surface area is 157 Å². The largest absolute Gasteiger partial charge is 0.419 e. The first-order valence-corrected chi connectivity index (χ1v) is 9.57. The molecule has 28 heavy (non-hydrogen) atoms. The highest BCUT2D eigenvalue weighted by molar-refractivity contribution is 7.88. The van der Waals surface area contributed by atoms with Crippen LogP contribution in [-0.4, -0.2) is 31.4 Å². The fraction of sp³-hybridized carbons (Fsp3) is 0.235. The molecule has 0 saturated heterocycles. The number of carbonyl (C=O) groups is 1. The Morgan fingerprint density at radius 2 is 1.68 bits per heavy atom. The van der Waals surface area contributed by atoms with Crippen molar-refractivity contribution in [2.24, 2.45) is 0 Å². The van der Waals surface area contributed by atoms with Gasteiger partial charge in [-0.1, -0.05) is 12.1 Å². The Bertz CT molecular complexity index is 960. The van der Waals surface area contributed by atoms with E-state index in [9.17, 15) is 35.2 Å². The van der Waals surface area contributed by atoms with Crippen molar-refractivity contribution in [3.63, 3.8) is 0 Å². The summed E-state index contributed by atoms with van der Waals surface area (Å²) in [5.74, 6) is -2.95. The average Bonchev–Trinajstić information content (AvgIpc) is 2.56. The number of anilines is 1. The Hall–Kier alpha value is -2.53. The van der Waals surface area contributed by atoms with E-state index < -0.39 is 45.8 Å². The molecule has 0 unspecified atom stereocenters. The van der Waals surface area contributed by atoms with Crippen molar-refractivity contribution in [2.45, 2.75) is 12.7 Å². The van der Waals surface area contributed by atoms with Gasteiger partial charge in [-0.3, -0.25) is 4.79 Å². The van der Waals surface area contributed by atoms with Gasteiger partial charge in [-0.15, -0.1) is 0 Å². The van der Waals surface area contributed by atoms with Crippen LogP contribution in [0.3, 0.4) is 0 Å². The van der Waals surface area contributed by atoms with Crippen molar-refractivity contribution in [1.82, 2.24) is 4.31 Å². The lowest BCUT2D eigenvalue weighted by atomic mass is 10.2. The molecule has 11 heteroatoms. The number of halogens is 5. The maximum Gasteiger partial charge on any atom is 0.419 e. The maximum absolute atomic E-state index is 13.3. The van der Waals surface area contributed by atoms with Crippen molar-refractivity contribution in [3.8, 4) is 0 Å². The number of rotatable bonds is 6. The van der Waals surface area contributed by atoms with E-state index in [-0.39, 0.29) is 12.2 Å². The number of nitrogens with one attached hydrogen (secondary N) is 1. The Kier molecular flexibility index (Phi) is 6.40. The van der Waals surface area contributed by atoms with E-state index in [1.165, 1.54) is 12.1 Å². The molecule has 0 radical (unpaired) electrons. The van der Waals surface area contributed by atoms with Gasteiger partial charge in [0, 0.05) is 12.2 Å². The van der Waals surface area contributed by atoms with E-state index in [1.807, 2.05) is 0 Å². The summed E-state index contributed by atoms with van der Waals surface area (Å²) >= 11 is 0. The zero-order chi connectivity index (χ0) is 21.1. The van der Waals surface area contributed by atoms with Gasteiger partial charge in [-0.25, -0.2) is 17.2 Å². The van der Waals surface area contributed by atoms with Gasteiger partial charge in [0.25, 0.3) is 0 Å². The summed E-state index contributed by atoms with van der Waals surface area (Å²) in [6, 6.07) is 6.79. The van der Waals surface area contributed by atoms with Crippen molar-refractivity contribution in [2.75, 3.05) is 18.1 Å². The van der Waals surface area contributed by atoms with E-state index in [0.717, 1.165) is 28.8 Å². The highest BCUT2D eigenvalue weighted by Crippen LogP contribution is 2.33. The van der Waals surface area contributed by atoms with Gasteiger partial charge in [-0.2, -0.15) is 17.5 Å². The monoisotopic (exact) mass is 422 g/mol. The first-order valence-electron chi connectivity index (χ1n) is 7.72. The highest BCUT2D eigenvalue weighted by Gasteiger charge is 2.34. The number of carbonyl (C=O) groups excluding carboxylic acids is 1. The number of nitrogens with zero attached hydrogens (tertiary/aromatic N) is 1. The Morgan fingerprint density at radius 3 is 2.21 bits per heavy atom. The molecule has 0 aliphatic rings. The molecular weight excluding hydrogens is 407 g/mol. The fourth-order valence-electron chi connectivity index (χ4n) is 2.26. The third-order valence-corrected chi connectivity index (χ3v) is 4.81. The third-order valence-electron chi connectivity index (χ3n) is 3.62. The first kappa shape index (κ1) is 21.8. The lowest BCUT2D eigenvalue weighted by Crippen LogP contribution is -2.36. The molecular formula is C17H15F5N2O3S. The van der Waals surface area contributed by atoms with Crippen molar-refractivity contribution in [3.05, 3.63) is 65.2 Å². The predicted octanol–water partition coefficient (Wildman–Crippen LogP) is 3.38. The van der Waals surface area contributed by atoms with Crippen molar-refractivity contribution < 1.29 is 35.2 Å². The topological polar surface area (TPSA) is 66.5 Å². The molecule has 2 aromatic rings. The first-order chi connectivity index (χ1) is 12.9. The minimum absolute atomic E-state index is 0.246. The summed E-state index contributed by atoms with van der Waals surface area (Å²) in [6.45, 7) is -0.946. The quantitative estimate of drug-likeness (QED) is 0.726. The van der Waals surface area contributed by atoms with Crippen molar-refractivity contribution in [1.29, 1.82) is 0 Å². The van der Waals surface area contributed by atoms with Crippen LogP contribution < -0.4 is 5.32 Å². The standard InChI is InChI=1S/C17H15F5N2O3S/c1-28(26,27)24(9-11-2-4-12(18)5-3-11)10-16(25)23-13-6-7-15(19)14(8-13)17(20,21)22/h2-8H,9-10H2,1H3,(H,23,25). The van der Waals surface area contributed by atoms with Gasteiger partial charge in [0.05, 0.1) is 18.4 Å². The zero-order valence-electron chi connectivity index (χ0n) is 14.4. The fourth-order valence-corrected chi connectivity index (χ4v) is 3.00. The summed E-state index contributed by atoms with van der Waals surface area (Å²) in [5.41, 5.74) is -1.49. The predicted molar refractivity (Wildman–Crippen MR) is 91.7 cm³/mol. The summed E-state index contributed by atoms with van der Waals surface area (Å²) in [6.07, 6.45) is -4.10. The molecule has 0 aliphatic heterocycles. The van der Waals surface area contributed by atoms with Gasteiger partial charge in [0.2, 0.25) is 15.9 Å². The Balaban J connectivity index is 2.15. The molecule has 0 heterocycles. The van der Waals surface area contributed by atoms with E-state index in [0.29, 0.717) is 17.7 Å². The number of amides is 1. The smallest absolute Gasteiger partial charge is 0.325 e. The molecule has 2 rings (SSSR count). The number of alkyl halides is 3.